The molecule has 5 nitrogen and oxygen atoms in total. The van der Waals surface area contributed by atoms with Crippen LogP contribution in [0.25, 0.3) is 0 Å². The van der Waals surface area contributed by atoms with E-state index in [-0.39, 0.29) is 24.9 Å². The summed E-state index contributed by atoms with van der Waals surface area (Å²) in [6, 6.07) is 13.6. The van der Waals surface area contributed by atoms with Gasteiger partial charge in [-0.15, -0.1) is 0 Å². The summed E-state index contributed by atoms with van der Waals surface area (Å²) in [7, 11) is -3.41. The van der Waals surface area contributed by atoms with Crippen molar-refractivity contribution in [1.29, 1.82) is 0 Å². The molecule has 1 atom stereocenters. The van der Waals surface area contributed by atoms with Gasteiger partial charge in [-0.1, -0.05) is 42.8 Å². The van der Waals surface area contributed by atoms with E-state index >= 15 is 0 Å². The monoisotopic (exact) mass is 416 g/mol. The maximum Gasteiger partial charge on any atom is 0.232 e. The zero-order valence-electron chi connectivity index (χ0n) is 18.0. The lowest BCUT2D eigenvalue weighted by Gasteiger charge is -2.23. The minimum Gasteiger partial charge on any atom is -0.349 e. The first-order valence-corrected chi connectivity index (χ1v) is 11.9. The third-order valence-corrected chi connectivity index (χ3v) is 6.36. The second-order valence-corrected chi connectivity index (χ2v) is 9.55. The van der Waals surface area contributed by atoms with Gasteiger partial charge >= 0.3 is 0 Å². The van der Waals surface area contributed by atoms with Gasteiger partial charge < -0.3 is 5.32 Å². The molecule has 0 saturated carbocycles. The second-order valence-electron chi connectivity index (χ2n) is 7.65. The Hall–Kier alpha value is -2.34. The number of carbonyl (C=O) groups excluding carboxylic acids is 1. The highest BCUT2D eigenvalue weighted by Gasteiger charge is 2.18. The standard InChI is InChI=1S/C23H32N2O3S/c1-6-22(20-12-11-18(3)19(4)16-20)24-23(26)8-7-15-25(29(5,27)28)21-13-9-17(2)10-14-21/h9-14,16,22H,6-8,15H2,1-5H3,(H,24,26)/t22-/m0/s1. The number of aryl methyl sites for hydroxylation is 3. The number of hydrogen-bond donors (Lipinski definition) is 1. The highest BCUT2D eigenvalue weighted by Crippen LogP contribution is 2.21. The number of anilines is 1. The van der Waals surface area contributed by atoms with Crippen molar-refractivity contribution in [3.63, 3.8) is 0 Å². The summed E-state index contributed by atoms with van der Waals surface area (Å²) in [5, 5.41) is 3.08. The molecule has 0 spiro atoms. The Balaban J connectivity index is 1.97. The number of benzene rings is 2. The molecule has 1 N–H and O–H groups in total. The Labute approximate surface area is 175 Å². The Kier molecular flexibility index (Phi) is 7.85. The predicted molar refractivity (Wildman–Crippen MR) is 120 cm³/mol. The maximum atomic E-state index is 12.5. The first-order chi connectivity index (χ1) is 13.6. The molecule has 2 aromatic carbocycles. The van der Waals surface area contributed by atoms with E-state index in [0.29, 0.717) is 12.1 Å². The summed E-state index contributed by atoms with van der Waals surface area (Å²) >= 11 is 0. The molecule has 0 aliphatic carbocycles. The highest BCUT2D eigenvalue weighted by atomic mass is 32.2. The van der Waals surface area contributed by atoms with Crippen molar-refractivity contribution < 1.29 is 13.2 Å². The number of nitrogens with zero attached hydrogens (tertiary/aromatic N) is 1. The Morgan fingerprint density at radius 2 is 1.69 bits per heavy atom. The van der Waals surface area contributed by atoms with E-state index in [4.69, 9.17) is 0 Å². The zero-order valence-corrected chi connectivity index (χ0v) is 18.8. The summed E-state index contributed by atoms with van der Waals surface area (Å²) in [6.45, 7) is 8.41. The molecule has 0 aliphatic heterocycles. The van der Waals surface area contributed by atoms with Gasteiger partial charge in [0.05, 0.1) is 18.0 Å². The summed E-state index contributed by atoms with van der Waals surface area (Å²) in [6.07, 6.45) is 2.72. The van der Waals surface area contributed by atoms with Gasteiger partial charge in [-0.3, -0.25) is 9.10 Å². The van der Waals surface area contributed by atoms with Crippen molar-refractivity contribution in [3.8, 4) is 0 Å². The molecule has 0 aromatic heterocycles. The van der Waals surface area contributed by atoms with Crippen LogP contribution in [0.15, 0.2) is 42.5 Å². The first-order valence-electron chi connectivity index (χ1n) is 10.0. The molecular weight excluding hydrogens is 384 g/mol. The average Bonchev–Trinajstić information content (AvgIpc) is 2.65. The molecule has 2 aromatic rings. The van der Waals surface area contributed by atoms with Crippen LogP contribution in [0.5, 0.6) is 0 Å². The summed E-state index contributed by atoms with van der Waals surface area (Å²) in [4.78, 5) is 12.5. The van der Waals surface area contributed by atoms with E-state index in [1.54, 1.807) is 12.1 Å². The minimum atomic E-state index is -3.41. The number of carbonyl (C=O) groups is 1. The number of amides is 1. The van der Waals surface area contributed by atoms with Crippen LogP contribution in [-0.4, -0.2) is 27.1 Å². The quantitative estimate of drug-likeness (QED) is 0.658. The summed E-state index contributed by atoms with van der Waals surface area (Å²) < 4.78 is 25.7. The van der Waals surface area contributed by atoms with Gasteiger partial charge in [0, 0.05) is 13.0 Å². The summed E-state index contributed by atoms with van der Waals surface area (Å²) in [5.74, 6) is -0.0626. The van der Waals surface area contributed by atoms with Gasteiger partial charge in [0.2, 0.25) is 15.9 Å². The molecule has 29 heavy (non-hydrogen) atoms. The molecule has 0 radical (unpaired) electrons. The van der Waals surface area contributed by atoms with E-state index < -0.39 is 10.0 Å². The van der Waals surface area contributed by atoms with Crippen LogP contribution in [0.4, 0.5) is 5.69 Å². The molecule has 158 valence electrons. The van der Waals surface area contributed by atoms with Crippen molar-refractivity contribution in [2.45, 2.75) is 53.0 Å². The second kappa shape index (κ2) is 9.92. The molecule has 0 aliphatic rings. The molecule has 0 fully saturated rings. The molecule has 0 unspecified atom stereocenters. The lowest BCUT2D eigenvalue weighted by Crippen LogP contribution is -2.33. The average molecular weight is 417 g/mol. The number of hydrogen-bond acceptors (Lipinski definition) is 3. The molecule has 0 bridgehead atoms. The van der Waals surface area contributed by atoms with Crippen molar-refractivity contribution in [2.24, 2.45) is 0 Å². The number of sulfonamides is 1. The van der Waals surface area contributed by atoms with Crippen LogP contribution < -0.4 is 9.62 Å². The van der Waals surface area contributed by atoms with E-state index in [2.05, 4.69) is 37.4 Å². The minimum absolute atomic E-state index is 0.0371. The van der Waals surface area contributed by atoms with Crippen molar-refractivity contribution >= 4 is 21.6 Å². The molecule has 2 rings (SSSR count). The van der Waals surface area contributed by atoms with Crippen LogP contribution in [0.3, 0.4) is 0 Å². The van der Waals surface area contributed by atoms with E-state index in [0.717, 1.165) is 17.5 Å². The van der Waals surface area contributed by atoms with Crippen LogP contribution in [0.1, 0.15) is 54.5 Å². The van der Waals surface area contributed by atoms with Gasteiger partial charge in [0.25, 0.3) is 0 Å². The Morgan fingerprint density at radius 3 is 2.24 bits per heavy atom. The maximum absolute atomic E-state index is 12.5. The predicted octanol–water partition coefficient (Wildman–Crippen LogP) is 4.43. The first kappa shape index (κ1) is 22.9. The van der Waals surface area contributed by atoms with Crippen LogP contribution in [0, 0.1) is 20.8 Å². The van der Waals surface area contributed by atoms with Gasteiger partial charge in [-0.2, -0.15) is 0 Å². The van der Waals surface area contributed by atoms with Gasteiger partial charge in [0.15, 0.2) is 0 Å². The van der Waals surface area contributed by atoms with Crippen LogP contribution in [0.2, 0.25) is 0 Å². The third-order valence-electron chi connectivity index (χ3n) is 5.16. The van der Waals surface area contributed by atoms with E-state index in [9.17, 15) is 13.2 Å². The van der Waals surface area contributed by atoms with E-state index in [1.165, 1.54) is 21.7 Å². The van der Waals surface area contributed by atoms with Crippen LogP contribution in [-0.2, 0) is 14.8 Å². The van der Waals surface area contributed by atoms with E-state index in [1.807, 2.05) is 26.0 Å². The summed E-state index contributed by atoms with van der Waals surface area (Å²) in [5.41, 5.74) is 5.23. The fraction of sp³-hybridized carbons (Fsp3) is 0.435. The highest BCUT2D eigenvalue weighted by molar-refractivity contribution is 7.92. The third kappa shape index (κ3) is 6.60. The fourth-order valence-electron chi connectivity index (χ4n) is 3.25. The van der Waals surface area contributed by atoms with Gasteiger partial charge in [-0.05, 0) is 62.4 Å². The Bertz CT molecular complexity index is 937. The Morgan fingerprint density at radius 1 is 1.03 bits per heavy atom. The van der Waals surface area contributed by atoms with Gasteiger partial charge in [0.1, 0.15) is 0 Å². The molecule has 0 saturated heterocycles. The number of nitrogens with one attached hydrogen (secondary N) is 1. The zero-order chi connectivity index (χ0) is 21.6. The topological polar surface area (TPSA) is 66.5 Å². The SMILES string of the molecule is CC[C@H](NC(=O)CCCN(c1ccc(C)cc1)S(C)(=O)=O)c1ccc(C)c(C)c1. The van der Waals surface area contributed by atoms with Crippen molar-refractivity contribution in [1.82, 2.24) is 5.32 Å². The normalized spacial score (nSPS) is 12.4. The molecule has 6 heteroatoms. The lowest BCUT2D eigenvalue weighted by atomic mass is 9.99. The molecular formula is C23H32N2O3S. The molecule has 0 heterocycles. The van der Waals surface area contributed by atoms with Crippen molar-refractivity contribution in [2.75, 3.05) is 17.1 Å². The van der Waals surface area contributed by atoms with Crippen LogP contribution >= 0.6 is 0 Å². The smallest absolute Gasteiger partial charge is 0.232 e. The largest absolute Gasteiger partial charge is 0.349 e. The van der Waals surface area contributed by atoms with Crippen molar-refractivity contribution in [3.05, 3.63) is 64.7 Å². The number of rotatable bonds is 9. The lowest BCUT2D eigenvalue weighted by molar-refractivity contribution is -0.121. The van der Waals surface area contributed by atoms with Gasteiger partial charge in [-0.25, -0.2) is 8.42 Å². The molecule has 1 amide bonds. The fourth-order valence-corrected chi connectivity index (χ4v) is 4.22.